The van der Waals surface area contributed by atoms with Gasteiger partial charge in [-0.25, -0.2) is 0 Å². The van der Waals surface area contributed by atoms with E-state index in [4.69, 9.17) is 32.7 Å². The fourth-order valence-corrected chi connectivity index (χ4v) is 4.43. The lowest BCUT2D eigenvalue weighted by atomic mass is 10.0. The highest BCUT2D eigenvalue weighted by molar-refractivity contribution is 6.42. The van der Waals surface area contributed by atoms with E-state index in [0.717, 1.165) is 5.75 Å². The monoisotopic (exact) mass is 547 g/mol. The Balaban J connectivity index is 1.75. The zero-order chi connectivity index (χ0) is 26.9. The zero-order valence-electron chi connectivity index (χ0n) is 21.6. The standard InChI is InChI=1S/C28H35Cl2N3O4/c1-18(2)26(32-27(34)19(3)31-4)28(35)33-17-22(37-21-11-6-5-7-12-21)16-20(33)10-9-15-36-24-14-8-13-23(29)25(24)30/h5-14,18-20,22,26,31H,15-17H2,1-4H3,(H,32,34)/b10-9+/t19-,20+,22-,26-/m0/s1. The number of rotatable bonds is 11. The van der Waals surface area contributed by atoms with E-state index in [9.17, 15) is 9.59 Å². The van der Waals surface area contributed by atoms with Crippen LogP contribution < -0.4 is 20.1 Å². The second kappa shape index (κ2) is 13.7. The number of hydrogen-bond donors (Lipinski definition) is 2. The summed E-state index contributed by atoms with van der Waals surface area (Å²) >= 11 is 12.3. The maximum Gasteiger partial charge on any atom is 0.246 e. The number of hydrogen-bond acceptors (Lipinski definition) is 5. The lowest BCUT2D eigenvalue weighted by Gasteiger charge is -2.30. The fraction of sp³-hybridized carbons (Fsp3) is 0.429. The lowest BCUT2D eigenvalue weighted by Crippen LogP contribution is -2.55. The van der Waals surface area contributed by atoms with Crippen LogP contribution in [0.1, 0.15) is 27.2 Å². The van der Waals surface area contributed by atoms with Crippen LogP contribution in [0.3, 0.4) is 0 Å². The van der Waals surface area contributed by atoms with Crippen molar-refractivity contribution >= 4 is 35.0 Å². The Labute approximate surface area is 229 Å². The lowest BCUT2D eigenvalue weighted by molar-refractivity contribution is -0.138. The molecule has 7 nitrogen and oxygen atoms in total. The minimum atomic E-state index is -0.656. The van der Waals surface area contributed by atoms with Gasteiger partial charge >= 0.3 is 0 Å². The molecule has 2 N–H and O–H groups in total. The van der Waals surface area contributed by atoms with Gasteiger partial charge in [0, 0.05) is 6.42 Å². The molecular weight excluding hydrogens is 513 g/mol. The summed E-state index contributed by atoms with van der Waals surface area (Å²) in [7, 11) is 1.71. The van der Waals surface area contributed by atoms with Crippen LogP contribution >= 0.6 is 23.2 Å². The third-order valence-electron chi connectivity index (χ3n) is 6.30. The van der Waals surface area contributed by atoms with Gasteiger partial charge in [-0.15, -0.1) is 0 Å². The molecule has 2 aromatic carbocycles. The summed E-state index contributed by atoms with van der Waals surface area (Å²) in [6, 6.07) is 13.5. The number of carbonyl (C=O) groups is 2. The molecular formula is C28H35Cl2N3O4. The Bertz CT molecular complexity index is 1080. The molecule has 2 amide bonds. The zero-order valence-corrected chi connectivity index (χ0v) is 23.1. The molecule has 0 spiro atoms. The van der Waals surface area contributed by atoms with Crippen molar-refractivity contribution in [2.45, 2.75) is 51.4 Å². The average Bonchev–Trinajstić information content (AvgIpc) is 3.29. The van der Waals surface area contributed by atoms with Crippen molar-refractivity contribution in [3.8, 4) is 11.5 Å². The molecule has 0 radical (unpaired) electrons. The van der Waals surface area contributed by atoms with Crippen LogP contribution in [-0.2, 0) is 9.59 Å². The number of likely N-dealkylation sites (tertiary alicyclic amines) is 1. The molecule has 1 heterocycles. The van der Waals surface area contributed by atoms with E-state index in [-0.39, 0.29) is 36.5 Å². The summed E-state index contributed by atoms with van der Waals surface area (Å²) in [6.07, 6.45) is 4.23. The Morgan fingerprint density at radius 2 is 1.84 bits per heavy atom. The molecule has 200 valence electrons. The molecule has 1 fully saturated rings. The van der Waals surface area contributed by atoms with E-state index in [1.807, 2.05) is 56.3 Å². The molecule has 0 aromatic heterocycles. The number of benzene rings is 2. The van der Waals surface area contributed by atoms with E-state index in [0.29, 0.717) is 28.8 Å². The first-order valence-corrected chi connectivity index (χ1v) is 13.2. The smallest absolute Gasteiger partial charge is 0.246 e. The first kappa shape index (κ1) is 28.8. The van der Waals surface area contributed by atoms with Gasteiger partial charge in [0.05, 0.1) is 23.7 Å². The highest BCUT2D eigenvalue weighted by Crippen LogP contribution is 2.31. The topological polar surface area (TPSA) is 79.9 Å². The van der Waals surface area contributed by atoms with Crippen LogP contribution in [-0.4, -0.2) is 61.1 Å². The van der Waals surface area contributed by atoms with Gasteiger partial charge in [0.2, 0.25) is 11.8 Å². The van der Waals surface area contributed by atoms with Crippen LogP contribution in [0, 0.1) is 5.92 Å². The van der Waals surface area contributed by atoms with E-state index in [1.165, 1.54) is 0 Å². The second-order valence-electron chi connectivity index (χ2n) is 9.38. The van der Waals surface area contributed by atoms with E-state index in [1.54, 1.807) is 37.1 Å². The summed E-state index contributed by atoms with van der Waals surface area (Å²) in [6.45, 7) is 6.27. The number of para-hydroxylation sites is 1. The Morgan fingerprint density at radius 3 is 2.51 bits per heavy atom. The normalized spacial score (nSPS) is 19.2. The first-order valence-electron chi connectivity index (χ1n) is 12.4. The largest absolute Gasteiger partial charge is 0.488 e. The highest BCUT2D eigenvalue weighted by atomic mass is 35.5. The summed E-state index contributed by atoms with van der Waals surface area (Å²) < 4.78 is 11.9. The van der Waals surface area contributed by atoms with Crippen molar-refractivity contribution < 1.29 is 19.1 Å². The third kappa shape index (κ3) is 7.87. The third-order valence-corrected chi connectivity index (χ3v) is 7.10. The summed E-state index contributed by atoms with van der Waals surface area (Å²) in [4.78, 5) is 28.1. The van der Waals surface area contributed by atoms with E-state index in [2.05, 4.69) is 10.6 Å². The molecule has 4 atom stereocenters. The number of halogens is 2. The highest BCUT2D eigenvalue weighted by Gasteiger charge is 2.39. The Morgan fingerprint density at radius 1 is 1.11 bits per heavy atom. The molecule has 1 aliphatic rings. The maximum atomic E-state index is 13.7. The van der Waals surface area contributed by atoms with Crippen LogP contribution in [0.15, 0.2) is 60.7 Å². The number of likely N-dealkylation sites (N-methyl/N-ethyl adjacent to an activating group) is 1. The van der Waals surface area contributed by atoms with Crippen molar-refractivity contribution in [2.75, 3.05) is 20.2 Å². The van der Waals surface area contributed by atoms with Crippen LogP contribution in [0.5, 0.6) is 11.5 Å². The summed E-state index contributed by atoms with van der Waals surface area (Å²) in [5.74, 6) is 0.793. The SMILES string of the molecule is CN[C@@H](C)C(=O)N[C@H](C(=O)N1C[C@@H](Oc2ccccc2)C[C@H]1/C=C/COc1cccc(Cl)c1Cl)C(C)C. The predicted octanol–water partition coefficient (Wildman–Crippen LogP) is 4.73. The van der Waals surface area contributed by atoms with Gasteiger partial charge in [-0.3, -0.25) is 9.59 Å². The minimum Gasteiger partial charge on any atom is -0.488 e. The van der Waals surface area contributed by atoms with Gasteiger partial charge in [0.25, 0.3) is 0 Å². The molecule has 37 heavy (non-hydrogen) atoms. The molecule has 0 aliphatic carbocycles. The number of nitrogens with zero attached hydrogens (tertiary/aromatic N) is 1. The van der Waals surface area contributed by atoms with E-state index < -0.39 is 12.1 Å². The molecule has 0 bridgehead atoms. The van der Waals surface area contributed by atoms with Crippen LogP contribution in [0.2, 0.25) is 10.0 Å². The molecule has 2 aromatic rings. The molecule has 9 heteroatoms. The summed E-state index contributed by atoms with van der Waals surface area (Å²) in [5.41, 5.74) is 0. The van der Waals surface area contributed by atoms with Crippen LogP contribution in [0.25, 0.3) is 0 Å². The molecule has 0 saturated carbocycles. The van der Waals surface area contributed by atoms with Crippen molar-refractivity contribution in [3.05, 3.63) is 70.7 Å². The van der Waals surface area contributed by atoms with E-state index >= 15 is 0 Å². The minimum absolute atomic E-state index is 0.0902. The molecule has 1 saturated heterocycles. The summed E-state index contributed by atoms with van der Waals surface area (Å²) in [5, 5.41) is 6.62. The second-order valence-corrected chi connectivity index (χ2v) is 10.2. The quantitative estimate of drug-likeness (QED) is 0.397. The number of ether oxygens (including phenoxy) is 2. The van der Waals surface area contributed by atoms with Gasteiger partial charge in [-0.05, 0) is 50.2 Å². The van der Waals surface area contributed by atoms with Gasteiger partial charge in [-0.1, -0.05) is 67.4 Å². The van der Waals surface area contributed by atoms with Crippen molar-refractivity contribution in [2.24, 2.45) is 5.92 Å². The van der Waals surface area contributed by atoms with Crippen LogP contribution in [0.4, 0.5) is 0 Å². The van der Waals surface area contributed by atoms with Gasteiger partial charge in [0.15, 0.2) is 0 Å². The van der Waals surface area contributed by atoms with Gasteiger partial charge < -0.3 is 25.0 Å². The molecule has 3 rings (SSSR count). The van der Waals surface area contributed by atoms with Crippen molar-refractivity contribution in [3.63, 3.8) is 0 Å². The van der Waals surface area contributed by atoms with Gasteiger partial charge in [-0.2, -0.15) is 0 Å². The Hall–Kier alpha value is -2.74. The fourth-order valence-electron chi connectivity index (χ4n) is 4.09. The van der Waals surface area contributed by atoms with Crippen molar-refractivity contribution in [1.82, 2.24) is 15.5 Å². The predicted molar refractivity (Wildman–Crippen MR) is 147 cm³/mol. The first-order chi connectivity index (χ1) is 17.7. The molecule has 1 aliphatic heterocycles. The average molecular weight is 549 g/mol. The maximum absolute atomic E-state index is 13.7. The number of nitrogens with one attached hydrogen (secondary N) is 2. The van der Waals surface area contributed by atoms with Gasteiger partial charge in [0.1, 0.15) is 35.3 Å². The number of carbonyl (C=O) groups excluding carboxylic acids is 2. The number of amides is 2. The van der Waals surface area contributed by atoms with Crippen molar-refractivity contribution in [1.29, 1.82) is 0 Å². The Kier molecular flexibility index (Phi) is 10.7. The molecule has 0 unspecified atom stereocenters.